The minimum absolute atomic E-state index is 0.0878. The molecule has 0 spiro atoms. The van der Waals surface area contributed by atoms with Crippen molar-refractivity contribution in [2.24, 2.45) is 5.92 Å². The number of piperidine rings is 1. The number of rotatable bonds is 6. The molecular formula is C21H23N3O3S. The molecule has 0 radical (unpaired) electrons. The molecular weight excluding hydrogens is 374 g/mol. The van der Waals surface area contributed by atoms with Crippen molar-refractivity contribution in [2.75, 3.05) is 31.6 Å². The van der Waals surface area contributed by atoms with Crippen LogP contribution in [0.4, 0.5) is 5.13 Å². The molecule has 2 atom stereocenters. The zero-order valence-electron chi connectivity index (χ0n) is 15.5. The topological polar surface area (TPSA) is 78.6 Å². The highest BCUT2D eigenvalue weighted by Crippen LogP contribution is 2.32. The van der Waals surface area contributed by atoms with Gasteiger partial charge in [-0.3, -0.25) is 9.69 Å². The Labute approximate surface area is 167 Å². The number of benzene rings is 1. The van der Waals surface area contributed by atoms with Gasteiger partial charge in [0.2, 0.25) is 5.91 Å². The van der Waals surface area contributed by atoms with Gasteiger partial charge in [0, 0.05) is 24.4 Å². The first-order chi connectivity index (χ1) is 13.7. The molecule has 0 aliphatic carbocycles. The number of aliphatic hydroxyl groups is 1. The summed E-state index contributed by atoms with van der Waals surface area (Å²) in [6, 6.07) is 14.0. The Morgan fingerprint density at radius 3 is 2.89 bits per heavy atom. The lowest BCUT2D eigenvalue weighted by Gasteiger charge is -2.37. The molecule has 2 N–H and O–H groups in total. The van der Waals surface area contributed by atoms with Crippen LogP contribution in [0.1, 0.15) is 17.9 Å². The highest BCUT2D eigenvalue weighted by atomic mass is 32.1. The fourth-order valence-electron chi connectivity index (χ4n) is 3.81. The lowest BCUT2D eigenvalue weighted by atomic mass is 9.81. The van der Waals surface area contributed by atoms with Gasteiger partial charge in [-0.05, 0) is 36.6 Å². The number of hydrogen-bond donors (Lipinski definition) is 2. The molecule has 1 aliphatic heterocycles. The molecule has 146 valence electrons. The number of aliphatic hydroxyl groups excluding tert-OH is 1. The molecule has 1 saturated heterocycles. The van der Waals surface area contributed by atoms with E-state index in [1.165, 1.54) is 16.9 Å². The Morgan fingerprint density at radius 1 is 1.29 bits per heavy atom. The van der Waals surface area contributed by atoms with Crippen molar-refractivity contribution >= 4 is 22.4 Å². The Balaban J connectivity index is 1.33. The predicted molar refractivity (Wildman–Crippen MR) is 109 cm³/mol. The van der Waals surface area contributed by atoms with Crippen molar-refractivity contribution in [1.82, 2.24) is 9.88 Å². The standard InChI is InChI=1S/C21H23N3O3S/c25-13-16-11-24(9-8-17(16)15-5-2-1-3-6-15)12-20(26)23-21-22-18(14-28-21)19-7-4-10-27-19/h1-7,10,14,16-17,25H,8-9,11-13H2,(H,22,23,26)/t16-,17+/m1/s1. The van der Waals surface area contributed by atoms with Crippen LogP contribution in [-0.2, 0) is 4.79 Å². The van der Waals surface area contributed by atoms with Gasteiger partial charge in [0.05, 0.1) is 12.8 Å². The number of carbonyl (C=O) groups is 1. The van der Waals surface area contributed by atoms with Gasteiger partial charge in [0.25, 0.3) is 0 Å². The molecule has 28 heavy (non-hydrogen) atoms. The number of carbonyl (C=O) groups excluding carboxylic acids is 1. The van der Waals surface area contributed by atoms with E-state index in [1.807, 2.05) is 35.7 Å². The largest absolute Gasteiger partial charge is 0.463 e. The summed E-state index contributed by atoms with van der Waals surface area (Å²) in [4.78, 5) is 19.0. The molecule has 6 nitrogen and oxygen atoms in total. The number of furan rings is 1. The van der Waals surface area contributed by atoms with Crippen LogP contribution >= 0.6 is 11.3 Å². The summed E-state index contributed by atoms with van der Waals surface area (Å²) in [6.07, 6.45) is 2.53. The first-order valence-electron chi connectivity index (χ1n) is 9.40. The number of nitrogens with zero attached hydrogens (tertiary/aromatic N) is 2. The average Bonchev–Trinajstić information content (AvgIpc) is 3.40. The van der Waals surface area contributed by atoms with E-state index in [9.17, 15) is 9.90 Å². The molecule has 2 aromatic heterocycles. The van der Waals surface area contributed by atoms with Crippen molar-refractivity contribution in [3.05, 3.63) is 59.7 Å². The van der Waals surface area contributed by atoms with Gasteiger partial charge >= 0.3 is 0 Å². The number of nitrogens with one attached hydrogen (secondary N) is 1. The summed E-state index contributed by atoms with van der Waals surface area (Å²) < 4.78 is 5.33. The van der Waals surface area contributed by atoms with Crippen molar-refractivity contribution in [3.8, 4) is 11.5 Å². The van der Waals surface area contributed by atoms with Crippen LogP contribution in [0.5, 0.6) is 0 Å². The quantitative estimate of drug-likeness (QED) is 0.666. The van der Waals surface area contributed by atoms with Gasteiger partial charge in [-0.2, -0.15) is 0 Å². The fraction of sp³-hybridized carbons (Fsp3) is 0.333. The van der Waals surface area contributed by atoms with E-state index in [0.717, 1.165) is 13.0 Å². The number of hydrogen-bond acceptors (Lipinski definition) is 6. The second-order valence-electron chi connectivity index (χ2n) is 7.05. The van der Waals surface area contributed by atoms with Crippen molar-refractivity contribution in [3.63, 3.8) is 0 Å². The van der Waals surface area contributed by atoms with E-state index < -0.39 is 0 Å². The molecule has 1 aromatic carbocycles. The number of likely N-dealkylation sites (tertiary alicyclic amines) is 1. The summed E-state index contributed by atoms with van der Waals surface area (Å²) in [5, 5.41) is 15.2. The van der Waals surface area contributed by atoms with E-state index >= 15 is 0 Å². The molecule has 3 heterocycles. The first-order valence-corrected chi connectivity index (χ1v) is 10.3. The normalized spacial score (nSPS) is 20.2. The van der Waals surface area contributed by atoms with Gasteiger partial charge in [-0.15, -0.1) is 11.3 Å². The Bertz CT molecular complexity index is 895. The predicted octanol–water partition coefficient (Wildman–Crippen LogP) is 3.44. The van der Waals surface area contributed by atoms with E-state index in [4.69, 9.17) is 4.42 Å². The van der Waals surface area contributed by atoms with Crippen LogP contribution in [0.15, 0.2) is 58.5 Å². The number of amides is 1. The third-order valence-corrected chi connectivity index (χ3v) is 5.93. The van der Waals surface area contributed by atoms with E-state index in [2.05, 4.69) is 27.3 Å². The summed E-state index contributed by atoms with van der Waals surface area (Å²) in [6.45, 7) is 1.96. The Morgan fingerprint density at radius 2 is 2.14 bits per heavy atom. The van der Waals surface area contributed by atoms with Crippen LogP contribution in [0, 0.1) is 5.92 Å². The fourth-order valence-corrected chi connectivity index (χ4v) is 4.52. The average molecular weight is 398 g/mol. The molecule has 7 heteroatoms. The summed E-state index contributed by atoms with van der Waals surface area (Å²) >= 11 is 1.38. The molecule has 0 unspecified atom stereocenters. The van der Waals surface area contributed by atoms with E-state index in [-0.39, 0.29) is 18.4 Å². The second-order valence-corrected chi connectivity index (χ2v) is 7.91. The SMILES string of the molecule is O=C(CN1CC[C@@H](c2ccccc2)[C@@H](CO)C1)Nc1nc(-c2ccco2)cs1. The molecule has 1 amide bonds. The van der Waals surface area contributed by atoms with Crippen LogP contribution in [0.2, 0.25) is 0 Å². The lowest BCUT2D eigenvalue weighted by Crippen LogP contribution is -2.44. The zero-order valence-corrected chi connectivity index (χ0v) is 16.3. The summed E-state index contributed by atoms with van der Waals surface area (Å²) in [5.74, 6) is 1.07. The van der Waals surface area contributed by atoms with Crippen molar-refractivity contribution in [2.45, 2.75) is 12.3 Å². The maximum Gasteiger partial charge on any atom is 0.240 e. The van der Waals surface area contributed by atoms with Crippen LogP contribution < -0.4 is 5.32 Å². The molecule has 0 saturated carbocycles. The molecule has 4 rings (SSSR count). The van der Waals surface area contributed by atoms with Gasteiger partial charge in [0.15, 0.2) is 10.9 Å². The monoisotopic (exact) mass is 397 g/mol. The molecule has 0 bridgehead atoms. The highest BCUT2D eigenvalue weighted by molar-refractivity contribution is 7.14. The lowest BCUT2D eigenvalue weighted by molar-refractivity contribution is -0.117. The van der Waals surface area contributed by atoms with Crippen LogP contribution in [0.3, 0.4) is 0 Å². The highest BCUT2D eigenvalue weighted by Gasteiger charge is 2.30. The van der Waals surface area contributed by atoms with E-state index in [1.54, 1.807) is 6.26 Å². The third-order valence-electron chi connectivity index (χ3n) is 5.17. The van der Waals surface area contributed by atoms with Crippen molar-refractivity contribution < 1.29 is 14.3 Å². The number of aromatic nitrogens is 1. The number of thiazole rings is 1. The van der Waals surface area contributed by atoms with Gasteiger partial charge in [0.1, 0.15) is 5.69 Å². The minimum atomic E-state index is -0.0878. The number of anilines is 1. The summed E-state index contributed by atoms with van der Waals surface area (Å²) in [5.41, 5.74) is 1.98. The second kappa shape index (κ2) is 8.68. The molecule has 1 aliphatic rings. The smallest absolute Gasteiger partial charge is 0.240 e. The molecule has 1 fully saturated rings. The zero-order chi connectivity index (χ0) is 19.3. The van der Waals surface area contributed by atoms with Gasteiger partial charge in [-0.1, -0.05) is 30.3 Å². The third kappa shape index (κ3) is 4.32. The van der Waals surface area contributed by atoms with Crippen LogP contribution in [0.25, 0.3) is 11.5 Å². The summed E-state index contributed by atoms with van der Waals surface area (Å²) in [7, 11) is 0. The maximum atomic E-state index is 12.5. The van der Waals surface area contributed by atoms with Gasteiger partial charge < -0.3 is 14.8 Å². The van der Waals surface area contributed by atoms with Crippen LogP contribution in [-0.4, -0.2) is 47.1 Å². The Hall–Kier alpha value is -2.48. The molecule has 3 aromatic rings. The maximum absolute atomic E-state index is 12.5. The first kappa shape index (κ1) is 18.9. The van der Waals surface area contributed by atoms with Crippen molar-refractivity contribution in [1.29, 1.82) is 0 Å². The minimum Gasteiger partial charge on any atom is -0.463 e. The van der Waals surface area contributed by atoms with Gasteiger partial charge in [-0.25, -0.2) is 4.98 Å². The van der Waals surface area contributed by atoms with E-state index in [0.29, 0.717) is 35.6 Å². The Kier molecular flexibility index (Phi) is 5.85.